The lowest BCUT2D eigenvalue weighted by molar-refractivity contribution is 0.193. The van der Waals surface area contributed by atoms with E-state index in [0.29, 0.717) is 0 Å². The molecule has 0 bridgehead atoms. The number of rotatable bonds is 3. The lowest BCUT2D eigenvalue weighted by Gasteiger charge is -2.47. The zero-order valence-electron chi connectivity index (χ0n) is 19.3. The summed E-state index contributed by atoms with van der Waals surface area (Å²) in [5, 5.41) is 2.61. The summed E-state index contributed by atoms with van der Waals surface area (Å²) in [6.45, 7) is 1.90. The van der Waals surface area contributed by atoms with E-state index in [1.165, 1.54) is 38.9 Å². The Morgan fingerprint density at radius 1 is 1.03 bits per heavy atom. The molecule has 34 heavy (non-hydrogen) atoms. The summed E-state index contributed by atoms with van der Waals surface area (Å²) in [7, 11) is 0. The van der Waals surface area contributed by atoms with Crippen molar-refractivity contribution in [3.8, 4) is 0 Å². The predicted octanol–water partition coefficient (Wildman–Crippen LogP) is 4.60. The molecule has 1 spiro atoms. The maximum absolute atomic E-state index is 7.03. The van der Waals surface area contributed by atoms with Gasteiger partial charge in [0.15, 0.2) is 5.66 Å². The van der Waals surface area contributed by atoms with Crippen molar-refractivity contribution >= 4 is 29.0 Å². The first-order chi connectivity index (χ1) is 16.7. The second-order valence-corrected chi connectivity index (χ2v) is 10.3. The van der Waals surface area contributed by atoms with Gasteiger partial charge in [-0.25, -0.2) is 9.98 Å². The zero-order valence-corrected chi connectivity index (χ0v) is 19.3. The van der Waals surface area contributed by atoms with E-state index in [-0.39, 0.29) is 11.5 Å². The number of aliphatic imine (C=N–C) groups is 3. The molecule has 0 saturated carbocycles. The van der Waals surface area contributed by atoms with Crippen molar-refractivity contribution in [1.29, 1.82) is 0 Å². The number of nitrogens with zero attached hydrogens (tertiary/aromatic N) is 4. The van der Waals surface area contributed by atoms with Gasteiger partial charge in [0.1, 0.15) is 6.34 Å². The van der Waals surface area contributed by atoms with Crippen LogP contribution in [0.25, 0.3) is 10.8 Å². The van der Waals surface area contributed by atoms with Crippen LogP contribution in [0.4, 0.5) is 0 Å². The van der Waals surface area contributed by atoms with Crippen molar-refractivity contribution in [3.63, 3.8) is 0 Å². The van der Waals surface area contributed by atoms with E-state index in [1.54, 1.807) is 6.34 Å². The maximum atomic E-state index is 7.03. The minimum atomic E-state index is -0.548. The topological polar surface area (TPSA) is 66.3 Å². The van der Waals surface area contributed by atoms with Gasteiger partial charge in [-0.05, 0) is 66.2 Å². The van der Waals surface area contributed by atoms with Crippen LogP contribution >= 0.6 is 0 Å². The minimum Gasteiger partial charge on any atom is -0.371 e. The highest BCUT2D eigenvalue weighted by atomic mass is 15.2. The van der Waals surface area contributed by atoms with E-state index in [0.717, 1.165) is 45.2 Å². The number of likely N-dealkylation sites (tertiary alicyclic amines) is 1. The standard InChI is InChI=1S/C29H29N5/c30-28(18-22-8-3-6-20-5-1-2-9-23(20)22)12-15-34(16-13-28)26-17-21-7-4-10-25-27(21)29(33-19-31-25)24(26)11-14-32-29/h1-3,5-9,11,14,17,19,27H,4,10,12-13,15-16,18,30H2. The summed E-state index contributed by atoms with van der Waals surface area (Å²) in [6.07, 6.45) is 15.5. The Morgan fingerprint density at radius 2 is 1.88 bits per heavy atom. The van der Waals surface area contributed by atoms with Crippen molar-refractivity contribution in [2.75, 3.05) is 13.1 Å². The molecule has 3 heterocycles. The average molecular weight is 448 g/mol. The fraction of sp³-hybridized carbons (Fsp3) is 0.345. The Labute approximate surface area is 200 Å². The van der Waals surface area contributed by atoms with Crippen LogP contribution in [0, 0.1) is 5.92 Å². The van der Waals surface area contributed by atoms with E-state index >= 15 is 0 Å². The number of allylic oxidation sites excluding steroid dienone is 3. The van der Waals surface area contributed by atoms with Gasteiger partial charge in [0.2, 0.25) is 0 Å². The number of nitrogens with two attached hydrogens (primary N) is 1. The normalized spacial score (nSPS) is 28.6. The Balaban J connectivity index is 1.16. The fourth-order valence-corrected chi connectivity index (χ4v) is 6.57. The second kappa shape index (κ2) is 7.34. The van der Waals surface area contributed by atoms with E-state index in [2.05, 4.69) is 70.6 Å². The maximum Gasteiger partial charge on any atom is 0.191 e. The summed E-state index contributed by atoms with van der Waals surface area (Å²) in [4.78, 5) is 16.9. The van der Waals surface area contributed by atoms with E-state index < -0.39 is 5.66 Å². The first-order valence-corrected chi connectivity index (χ1v) is 12.4. The summed E-state index contributed by atoms with van der Waals surface area (Å²) in [5.74, 6) is 0.157. The van der Waals surface area contributed by atoms with Gasteiger partial charge in [-0.3, -0.25) is 4.99 Å². The zero-order chi connectivity index (χ0) is 22.8. The van der Waals surface area contributed by atoms with Gasteiger partial charge in [-0.15, -0.1) is 0 Å². The summed E-state index contributed by atoms with van der Waals surface area (Å²) in [5.41, 5.74) is 12.7. The summed E-state index contributed by atoms with van der Waals surface area (Å²) < 4.78 is 0. The van der Waals surface area contributed by atoms with Gasteiger partial charge in [0.05, 0.1) is 5.92 Å². The average Bonchev–Trinajstić information content (AvgIpc) is 3.28. The monoisotopic (exact) mass is 447 g/mol. The third kappa shape index (κ3) is 2.93. The van der Waals surface area contributed by atoms with Gasteiger partial charge < -0.3 is 10.6 Å². The highest BCUT2D eigenvalue weighted by Gasteiger charge is 2.53. The van der Waals surface area contributed by atoms with Crippen LogP contribution in [0.5, 0.6) is 0 Å². The van der Waals surface area contributed by atoms with Gasteiger partial charge >= 0.3 is 0 Å². The Bertz CT molecular complexity index is 1360. The van der Waals surface area contributed by atoms with Crippen LogP contribution in [0.2, 0.25) is 0 Å². The van der Waals surface area contributed by atoms with Crippen LogP contribution in [-0.4, -0.2) is 47.5 Å². The predicted molar refractivity (Wildman–Crippen MR) is 140 cm³/mol. The van der Waals surface area contributed by atoms with Crippen LogP contribution in [0.3, 0.4) is 0 Å². The smallest absolute Gasteiger partial charge is 0.191 e. The molecule has 5 heteroatoms. The van der Waals surface area contributed by atoms with Gasteiger partial charge in [0, 0.05) is 41.8 Å². The number of hydrogen-bond acceptors (Lipinski definition) is 5. The molecule has 1 fully saturated rings. The van der Waals surface area contributed by atoms with Crippen molar-refractivity contribution in [2.24, 2.45) is 26.6 Å². The fourth-order valence-electron chi connectivity index (χ4n) is 6.57. The lowest BCUT2D eigenvalue weighted by Crippen LogP contribution is -2.53. The largest absolute Gasteiger partial charge is 0.371 e. The molecule has 1 saturated heterocycles. The number of fused-ring (bicyclic) bond motifs is 1. The second-order valence-electron chi connectivity index (χ2n) is 10.3. The van der Waals surface area contributed by atoms with Crippen molar-refractivity contribution in [1.82, 2.24) is 4.90 Å². The minimum absolute atomic E-state index is 0.157. The van der Waals surface area contributed by atoms with Gasteiger partial charge in [0.25, 0.3) is 0 Å². The van der Waals surface area contributed by atoms with E-state index in [4.69, 9.17) is 15.7 Å². The number of piperidine rings is 1. The highest BCUT2D eigenvalue weighted by molar-refractivity contribution is 6.01. The molecule has 2 N–H and O–H groups in total. The molecular formula is C29H29N5. The van der Waals surface area contributed by atoms with Gasteiger partial charge in [-0.2, -0.15) is 0 Å². The molecule has 0 aromatic heterocycles. The molecule has 3 aliphatic heterocycles. The molecule has 170 valence electrons. The molecular weight excluding hydrogens is 418 g/mol. The molecule has 0 radical (unpaired) electrons. The highest BCUT2D eigenvalue weighted by Crippen LogP contribution is 2.51. The molecule has 2 atom stereocenters. The molecule has 2 unspecified atom stereocenters. The Morgan fingerprint density at radius 3 is 2.79 bits per heavy atom. The summed E-state index contributed by atoms with van der Waals surface area (Å²) in [6, 6.07) is 15.2. The van der Waals surface area contributed by atoms with Crippen molar-refractivity contribution in [3.05, 3.63) is 83.1 Å². The third-order valence-electron chi connectivity index (χ3n) is 8.34. The molecule has 0 amide bonds. The van der Waals surface area contributed by atoms with Crippen molar-refractivity contribution < 1.29 is 0 Å². The molecule has 5 aliphatic rings. The third-order valence-corrected chi connectivity index (χ3v) is 8.34. The molecule has 7 rings (SSSR count). The first kappa shape index (κ1) is 20.1. The molecule has 2 aliphatic carbocycles. The lowest BCUT2D eigenvalue weighted by atomic mass is 9.69. The molecule has 5 nitrogen and oxygen atoms in total. The first-order valence-electron chi connectivity index (χ1n) is 12.4. The molecule has 2 aromatic carbocycles. The van der Waals surface area contributed by atoms with Crippen LogP contribution in [0.1, 0.15) is 31.2 Å². The SMILES string of the molecule is NC1(Cc2cccc3ccccc23)CCN(C2=CC3=CCCC4=NC=NC5(N=CC=C25)C34)CC1. The Hall–Kier alpha value is -3.31. The number of benzene rings is 2. The quantitative estimate of drug-likeness (QED) is 0.747. The van der Waals surface area contributed by atoms with Crippen LogP contribution in [-0.2, 0) is 6.42 Å². The number of hydrogen-bond donors (Lipinski definition) is 1. The van der Waals surface area contributed by atoms with Gasteiger partial charge in [-0.1, -0.05) is 48.5 Å². The van der Waals surface area contributed by atoms with Crippen LogP contribution in [0.15, 0.2) is 92.5 Å². The molecule has 2 aromatic rings. The summed E-state index contributed by atoms with van der Waals surface area (Å²) >= 11 is 0. The van der Waals surface area contributed by atoms with E-state index in [1.807, 2.05) is 6.21 Å². The van der Waals surface area contributed by atoms with E-state index in [9.17, 15) is 0 Å². The van der Waals surface area contributed by atoms with Crippen LogP contribution < -0.4 is 5.73 Å². The van der Waals surface area contributed by atoms with Crippen molar-refractivity contribution in [2.45, 2.75) is 43.3 Å². The Kier molecular flexibility index (Phi) is 4.34.